The molecule has 142 valence electrons. The molecular weight excluding hydrogens is 344 g/mol. The molecule has 0 saturated heterocycles. The molecule has 0 radical (unpaired) electrons. The van der Waals surface area contributed by atoms with Crippen LogP contribution >= 0.6 is 0 Å². The van der Waals surface area contributed by atoms with Crippen molar-refractivity contribution >= 4 is 11.6 Å². The normalized spacial score (nSPS) is 18.1. The molecule has 0 aromatic heterocycles. The quantitative estimate of drug-likeness (QED) is 0.898. The third-order valence-electron chi connectivity index (χ3n) is 5.25. The first-order valence-corrected chi connectivity index (χ1v) is 9.13. The number of methoxy groups -OCH3 is 1. The predicted octanol–water partition coefficient (Wildman–Crippen LogP) is 3.15. The summed E-state index contributed by atoms with van der Waals surface area (Å²) in [6.45, 7) is 2.72. The van der Waals surface area contributed by atoms with Gasteiger partial charge in [-0.1, -0.05) is 12.1 Å². The van der Waals surface area contributed by atoms with Crippen molar-refractivity contribution in [3.8, 4) is 17.2 Å². The van der Waals surface area contributed by atoms with Gasteiger partial charge in [0.25, 0.3) is 0 Å². The lowest BCUT2D eigenvalue weighted by Gasteiger charge is -2.36. The largest absolute Gasteiger partial charge is 0.492 e. The van der Waals surface area contributed by atoms with Crippen molar-refractivity contribution in [2.75, 3.05) is 32.8 Å². The third kappa shape index (κ3) is 3.32. The molecule has 4 rings (SSSR count). The topological polar surface area (TPSA) is 60.0 Å². The number of carbonyl (C=O) groups excluding carboxylic acids is 1. The molecule has 0 spiro atoms. The van der Waals surface area contributed by atoms with Crippen molar-refractivity contribution in [1.29, 1.82) is 0 Å². The maximum atomic E-state index is 11.2. The summed E-state index contributed by atoms with van der Waals surface area (Å²) in [6, 6.07) is 10.3. The van der Waals surface area contributed by atoms with Gasteiger partial charge in [0.1, 0.15) is 0 Å². The minimum atomic E-state index is -0.0653. The van der Waals surface area contributed by atoms with Crippen molar-refractivity contribution in [2.24, 2.45) is 0 Å². The highest BCUT2D eigenvalue weighted by Gasteiger charge is 2.33. The van der Waals surface area contributed by atoms with Crippen LogP contribution in [0.15, 0.2) is 30.3 Å². The molecule has 0 bridgehead atoms. The van der Waals surface area contributed by atoms with Crippen molar-refractivity contribution in [1.82, 2.24) is 4.90 Å². The van der Waals surface area contributed by atoms with E-state index >= 15 is 0 Å². The molecule has 0 aliphatic carbocycles. The Bertz CT molecular complexity index is 863. The minimum absolute atomic E-state index is 0.0653. The van der Waals surface area contributed by atoms with Gasteiger partial charge in [0.2, 0.25) is 18.4 Å². The van der Waals surface area contributed by atoms with Crippen LogP contribution in [-0.4, -0.2) is 38.3 Å². The second-order valence-corrected chi connectivity index (χ2v) is 7.05. The van der Waals surface area contributed by atoms with Crippen molar-refractivity contribution in [3.63, 3.8) is 0 Å². The Hall–Kier alpha value is -2.73. The average molecular weight is 368 g/mol. The summed E-state index contributed by atoms with van der Waals surface area (Å²) < 4.78 is 17.0. The lowest BCUT2D eigenvalue weighted by Crippen LogP contribution is -2.33. The van der Waals surface area contributed by atoms with Gasteiger partial charge in [-0.05, 0) is 49.2 Å². The van der Waals surface area contributed by atoms with Gasteiger partial charge in [-0.2, -0.15) is 0 Å². The van der Waals surface area contributed by atoms with Gasteiger partial charge in [-0.15, -0.1) is 0 Å². The number of hydrogen-bond acceptors (Lipinski definition) is 5. The molecule has 27 heavy (non-hydrogen) atoms. The highest BCUT2D eigenvalue weighted by Crippen LogP contribution is 2.49. The molecule has 2 heterocycles. The number of nitrogens with one attached hydrogen (secondary N) is 1. The Balaban J connectivity index is 1.67. The van der Waals surface area contributed by atoms with Gasteiger partial charge in [0.15, 0.2) is 11.5 Å². The van der Waals surface area contributed by atoms with E-state index in [0.717, 1.165) is 36.6 Å². The number of rotatable bonds is 4. The number of likely N-dealkylation sites (N-methyl/N-ethyl adjacent to an activating group) is 1. The summed E-state index contributed by atoms with van der Waals surface area (Å²) in [7, 11) is 3.83. The molecule has 0 fully saturated rings. The maximum absolute atomic E-state index is 11.2. The van der Waals surface area contributed by atoms with Crippen LogP contribution in [0.1, 0.15) is 29.7 Å². The molecular formula is C21H24N2O4. The van der Waals surface area contributed by atoms with Crippen LogP contribution in [0, 0.1) is 0 Å². The zero-order valence-corrected chi connectivity index (χ0v) is 15.9. The summed E-state index contributed by atoms with van der Waals surface area (Å²) in [5.74, 6) is 2.20. The van der Waals surface area contributed by atoms with Crippen LogP contribution in [0.3, 0.4) is 0 Å². The van der Waals surface area contributed by atoms with Crippen LogP contribution in [-0.2, 0) is 17.6 Å². The standard InChI is InChI=1S/C21H24N2O4/c1-13(24)22-16-6-4-14(5-7-16)10-17-19-15(8-9-23(17)2)11-18-20(21(19)25-3)27-12-26-18/h4-7,11,17H,8-10,12H2,1-3H3,(H,22,24)/t17-/m0/s1. The number of fused-ring (bicyclic) bond motifs is 2. The maximum Gasteiger partial charge on any atom is 0.231 e. The van der Waals surface area contributed by atoms with Crippen LogP contribution in [0.2, 0.25) is 0 Å². The second-order valence-electron chi connectivity index (χ2n) is 7.05. The van der Waals surface area contributed by atoms with Gasteiger partial charge in [-0.3, -0.25) is 9.69 Å². The van der Waals surface area contributed by atoms with E-state index in [9.17, 15) is 4.79 Å². The van der Waals surface area contributed by atoms with E-state index in [0.29, 0.717) is 5.75 Å². The zero-order chi connectivity index (χ0) is 19.0. The number of hydrogen-bond donors (Lipinski definition) is 1. The second kappa shape index (κ2) is 7.12. The lowest BCUT2D eigenvalue weighted by atomic mass is 9.87. The SMILES string of the molecule is COc1c2c(cc3c1[C@H](Cc1ccc(NC(C)=O)cc1)N(C)CC3)OCO2. The fourth-order valence-corrected chi connectivity index (χ4v) is 3.93. The van der Waals surface area contributed by atoms with Crippen LogP contribution in [0.25, 0.3) is 0 Å². The first-order chi connectivity index (χ1) is 13.1. The first kappa shape index (κ1) is 17.7. The molecule has 6 heteroatoms. The Morgan fingerprint density at radius 1 is 1.30 bits per heavy atom. The summed E-state index contributed by atoms with van der Waals surface area (Å²) >= 11 is 0. The molecule has 0 unspecified atom stereocenters. The molecule has 2 aromatic rings. The van der Waals surface area contributed by atoms with E-state index in [1.807, 2.05) is 12.1 Å². The van der Waals surface area contributed by atoms with Gasteiger partial charge < -0.3 is 19.5 Å². The van der Waals surface area contributed by atoms with E-state index in [4.69, 9.17) is 14.2 Å². The monoisotopic (exact) mass is 368 g/mol. The van der Waals surface area contributed by atoms with Crippen molar-refractivity contribution in [3.05, 3.63) is 47.0 Å². The van der Waals surface area contributed by atoms with E-state index in [1.165, 1.54) is 23.6 Å². The van der Waals surface area contributed by atoms with Crippen molar-refractivity contribution in [2.45, 2.75) is 25.8 Å². The van der Waals surface area contributed by atoms with Gasteiger partial charge in [0.05, 0.1) is 7.11 Å². The Morgan fingerprint density at radius 3 is 2.78 bits per heavy atom. The number of amides is 1. The number of carbonyl (C=O) groups is 1. The molecule has 1 atom stereocenters. The van der Waals surface area contributed by atoms with E-state index in [-0.39, 0.29) is 18.7 Å². The molecule has 1 amide bonds. The number of benzene rings is 2. The van der Waals surface area contributed by atoms with Gasteiger partial charge in [0, 0.05) is 30.8 Å². The van der Waals surface area contributed by atoms with E-state index < -0.39 is 0 Å². The summed E-state index contributed by atoms with van der Waals surface area (Å²) in [4.78, 5) is 13.6. The molecule has 6 nitrogen and oxygen atoms in total. The summed E-state index contributed by atoms with van der Waals surface area (Å²) in [5, 5.41) is 2.81. The predicted molar refractivity (Wildman–Crippen MR) is 103 cm³/mol. The molecule has 1 N–H and O–H groups in total. The average Bonchev–Trinajstić information content (AvgIpc) is 3.11. The Morgan fingerprint density at radius 2 is 2.07 bits per heavy atom. The Labute approximate surface area is 159 Å². The minimum Gasteiger partial charge on any atom is -0.492 e. The van der Waals surface area contributed by atoms with Gasteiger partial charge in [-0.25, -0.2) is 0 Å². The van der Waals surface area contributed by atoms with Crippen LogP contribution in [0.5, 0.6) is 17.2 Å². The van der Waals surface area contributed by atoms with Crippen LogP contribution in [0.4, 0.5) is 5.69 Å². The first-order valence-electron chi connectivity index (χ1n) is 9.13. The molecule has 2 aliphatic heterocycles. The van der Waals surface area contributed by atoms with Gasteiger partial charge >= 0.3 is 0 Å². The van der Waals surface area contributed by atoms with Crippen LogP contribution < -0.4 is 19.5 Å². The number of ether oxygens (including phenoxy) is 3. The van der Waals surface area contributed by atoms with Crippen molar-refractivity contribution < 1.29 is 19.0 Å². The third-order valence-corrected chi connectivity index (χ3v) is 5.25. The summed E-state index contributed by atoms with van der Waals surface area (Å²) in [6.07, 6.45) is 1.80. The number of anilines is 1. The fraction of sp³-hybridized carbons (Fsp3) is 0.381. The highest BCUT2D eigenvalue weighted by atomic mass is 16.7. The lowest BCUT2D eigenvalue weighted by molar-refractivity contribution is -0.114. The highest BCUT2D eigenvalue weighted by molar-refractivity contribution is 5.88. The fourth-order valence-electron chi connectivity index (χ4n) is 3.93. The Kier molecular flexibility index (Phi) is 4.66. The van der Waals surface area contributed by atoms with E-state index in [1.54, 1.807) is 7.11 Å². The molecule has 2 aliphatic rings. The number of nitrogens with zero attached hydrogens (tertiary/aromatic N) is 1. The zero-order valence-electron chi connectivity index (χ0n) is 15.9. The van der Waals surface area contributed by atoms with E-state index in [2.05, 4.69) is 35.5 Å². The summed E-state index contributed by atoms with van der Waals surface area (Å²) in [5.41, 5.74) is 4.45. The molecule has 2 aromatic carbocycles. The smallest absolute Gasteiger partial charge is 0.231 e. The molecule has 0 saturated carbocycles.